The van der Waals surface area contributed by atoms with Crippen LogP contribution in [0.5, 0.6) is 0 Å². The zero-order valence-corrected chi connectivity index (χ0v) is 19.3. The summed E-state index contributed by atoms with van der Waals surface area (Å²) in [4.78, 5) is 36.9. The van der Waals surface area contributed by atoms with Crippen LogP contribution in [0.25, 0.3) is 0 Å². The summed E-state index contributed by atoms with van der Waals surface area (Å²) in [6, 6.07) is 8.06. The van der Waals surface area contributed by atoms with Crippen molar-refractivity contribution >= 4 is 33.5 Å². The topological polar surface area (TPSA) is 136 Å². The predicted octanol–water partition coefficient (Wildman–Crippen LogP) is 1.72. The molecule has 0 spiro atoms. The minimum atomic E-state index is -4.41. The molecule has 12 heteroatoms. The van der Waals surface area contributed by atoms with Crippen molar-refractivity contribution in [2.24, 2.45) is 11.7 Å². The summed E-state index contributed by atoms with van der Waals surface area (Å²) in [6.45, 7) is 2.13. The summed E-state index contributed by atoms with van der Waals surface area (Å²) < 4.78 is 59.5. The second-order valence-electron chi connectivity index (χ2n) is 7.62. The summed E-state index contributed by atoms with van der Waals surface area (Å²) in [6.07, 6.45) is -0.200. The number of anilines is 1. The molecular weight excluding hydrogens is 472 g/mol. The Kier molecular flexibility index (Phi) is 9.21. The number of hydrogen-bond donors (Lipinski definition) is 2. The normalized spacial score (nSPS) is 12.3. The Morgan fingerprint density at radius 2 is 1.68 bits per heavy atom. The van der Waals surface area contributed by atoms with Crippen molar-refractivity contribution in [3.05, 3.63) is 60.2 Å². The number of nitrogens with zero attached hydrogens (tertiary/aromatic N) is 1. The van der Waals surface area contributed by atoms with Crippen LogP contribution in [-0.4, -0.2) is 45.4 Å². The molecule has 0 unspecified atom stereocenters. The summed E-state index contributed by atoms with van der Waals surface area (Å²) in [5.41, 5.74) is 5.38. The summed E-state index contributed by atoms with van der Waals surface area (Å²) >= 11 is 0. The Labute approximate surface area is 195 Å². The van der Waals surface area contributed by atoms with Crippen molar-refractivity contribution in [2.75, 3.05) is 18.1 Å². The molecule has 1 atom stereocenters. The first-order chi connectivity index (χ1) is 15.9. The predicted molar refractivity (Wildman–Crippen MR) is 119 cm³/mol. The maximum Gasteiger partial charge on any atom is 0.324 e. The van der Waals surface area contributed by atoms with Crippen molar-refractivity contribution in [2.45, 2.75) is 31.2 Å². The number of carbonyl (C=O) groups excluding carboxylic acids is 3. The summed E-state index contributed by atoms with van der Waals surface area (Å²) in [7, 11) is -4.41. The maximum atomic E-state index is 14.0. The Bertz CT molecular complexity index is 1140. The lowest BCUT2D eigenvalue weighted by Crippen LogP contribution is -2.46. The van der Waals surface area contributed by atoms with Crippen LogP contribution in [0.15, 0.2) is 53.4 Å². The number of nitrogens with one attached hydrogen (secondary N) is 1. The van der Waals surface area contributed by atoms with E-state index in [1.54, 1.807) is 0 Å². The van der Waals surface area contributed by atoms with E-state index in [4.69, 9.17) is 10.5 Å². The lowest BCUT2D eigenvalue weighted by atomic mass is 10.1. The number of rotatable bonds is 11. The first-order valence-electron chi connectivity index (χ1n) is 10.2. The second-order valence-corrected chi connectivity index (χ2v) is 9.30. The van der Waals surface area contributed by atoms with Crippen LogP contribution >= 0.6 is 0 Å². The number of esters is 1. The standard InChI is InChI=1S/C22H25F2N3O6S/c1-14(2)21(26-34(31,32)18-6-4-3-5-17(18)24)22(30)33-13-20(29)27(12-11-19(25)28)16-9-7-15(23)8-10-16/h3-10,14,21,26H,11-13H2,1-2H3,(H2,25,28)/t21-/m0/s1. The van der Waals surface area contributed by atoms with Crippen molar-refractivity contribution in [1.29, 1.82) is 0 Å². The molecule has 0 saturated carbocycles. The van der Waals surface area contributed by atoms with Crippen molar-refractivity contribution in [3.63, 3.8) is 0 Å². The van der Waals surface area contributed by atoms with E-state index in [0.717, 1.165) is 29.2 Å². The Morgan fingerprint density at radius 1 is 1.06 bits per heavy atom. The van der Waals surface area contributed by atoms with Gasteiger partial charge in [-0.15, -0.1) is 0 Å². The van der Waals surface area contributed by atoms with Gasteiger partial charge in [0.15, 0.2) is 6.61 Å². The number of primary amides is 1. The third-order valence-electron chi connectivity index (χ3n) is 4.69. The van der Waals surface area contributed by atoms with E-state index in [-0.39, 0.29) is 18.7 Å². The number of amides is 2. The molecule has 0 aromatic heterocycles. The first-order valence-corrected chi connectivity index (χ1v) is 11.7. The van der Waals surface area contributed by atoms with Gasteiger partial charge in [-0.1, -0.05) is 26.0 Å². The fourth-order valence-electron chi connectivity index (χ4n) is 2.89. The number of nitrogens with two attached hydrogens (primary N) is 1. The van der Waals surface area contributed by atoms with E-state index in [1.807, 2.05) is 0 Å². The molecule has 0 aliphatic rings. The highest BCUT2D eigenvalue weighted by atomic mass is 32.2. The molecule has 0 radical (unpaired) electrons. The number of halogens is 2. The fourth-order valence-corrected chi connectivity index (χ4v) is 4.30. The van der Waals surface area contributed by atoms with Crippen molar-refractivity contribution in [1.82, 2.24) is 4.72 Å². The van der Waals surface area contributed by atoms with E-state index in [0.29, 0.717) is 0 Å². The molecule has 0 bridgehead atoms. The molecule has 9 nitrogen and oxygen atoms in total. The second kappa shape index (κ2) is 11.7. The molecule has 0 saturated heterocycles. The van der Waals surface area contributed by atoms with Gasteiger partial charge in [-0.3, -0.25) is 14.4 Å². The molecule has 2 rings (SSSR count). The van der Waals surface area contributed by atoms with Gasteiger partial charge in [-0.25, -0.2) is 17.2 Å². The zero-order valence-electron chi connectivity index (χ0n) is 18.5. The third-order valence-corrected chi connectivity index (χ3v) is 6.16. The molecule has 0 aliphatic carbocycles. The highest BCUT2D eigenvalue weighted by Gasteiger charge is 2.31. The van der Waals surface area contributed by atoms with Crippen molar-refractivity contribution in [3.8, 4) is 0 Å². The minimum Gasteiger partial charge on any atom is -0.454 e. The molecule has 2 aromatic carbocycles. The highest BCUT2D eigenvalue weighted by molar-refractivity contribution is 7.89. The van der Waals surface area contributed by atoms with E-state index >= 15 is 0 Å². The van der Waals surface area contributed by atoms with Gasteiger partial charge in [0.25, 0.3) is 5.91 Å². The van der Waals surface area contributed by atoms with Gasteiger partial charge in [0.2, 0.25) is 15.9 Å². The van der Waals surface area contributed by atoms with Gasteiger partial charge in [0.05, 0.1) is 0 Å². The Balaban J connectivity index is 2.14. The number of hydrogen-bond acceptors (Lipinski definition) is 6. The lowest BCUT2D eigenvalue weighted by molar-refractivity contribution is -0.150. The molecule has 0 heterocycles. The van der Waals surface area contributed by atoms with E-state index in [1.165, 1.54) is 38.1 Å². The molecule has 184 valence electrons. The van der Waals surface area contributed by atoms with Gasteiger partial charge in [0, 0.05) is 18.7 Å². The number of sulfonamides is 1. The summed E-state index contributed by atoms with van der Waals surface area (Å²) in [5, 5.41) is 0. The molecule has 2 aromatic rings. The molecule has 34 heavy (non-hydrogen) atoms. The fraction of sp³-hybridized carbons (Fsp3) is 0.318. The van der Waals surface area contributed by atoms with E-state index in [9.17, 15) is 31.6 Å². The maximum absolute atomic E-state index is 14.0. The minimum absolute atomic E-state index is 0.148. The largest absolute Gasteiger partial charge is 0.454 e. The molecule has 2 amide bonds. The Morgan fingerprint density at radius 3 is 2.24 bits per heavy atom. The van der Waals surface area contributed by atoms with Crippen LogP contribution in [0.2, 0.25) is 0 Å². The third kappa shape index (κ3) is 7.32. The molecule has 3 N–H and O–H groups in total. The van der Waals surface area contributed by atoms with Crippen LogP contribution in [0, 0.1) is 17.6 Å². The Hall–Kier alpha value is -3.38. The van der Waals surface area contributed by atoms with E-state index in [2.05, 4.69) is 4.72 Å². The average molecular weight is 498 g/mol. The first kappa shape index (κ1) is 26.9. The molecule has 0 fully saturated rings. The SMILES string of the molecule is CC(C)[C@H](NS(=O)(=O)c1ccccc1F)C(=O)OCC(=O)N(CCC(N)=O)c1ccc(F)cc1. The van der Waals surface area contributed by atoms with Gasteiger partial charge in [-0.2, -0.15) is 4.72 Å². The quantitative estimate of drug-likeness (QED) is 0.454. The van der Waals surface area contributed by atoms with Crippen LogP contribution in [0.3, 0.4) is 0 Å². The number of benzene rings is 2. The van der Waals surface area contributed by atoms with Gasteiger partial charge in [0.1, 0.15) is 22.6 Å². The van der Waals surface area contributed by atoms with Gasteiger partial charge >= 0.3 is 5.97 Å². The number of ether oxygens (including phenoxy) is 1. The molecule has 0 aliphatic heterocycles. The van der Waals surface area contributed by atoms with Crippen LogP contribution in [0.1, 0.15) is 20.3 Å². The zero-order chi connectivity index (χ0) is 25.5. The lowest BCUT2D eigenvalue weighted by Gasteiger charge is -2.24. The van der Waals surface area contributed by atoms with Crippen LogP contribution in [-0.2, 0) is 29.1 Å². The highest BCUT2D eigenvalue weighted by Crippen LogP contribution is 2.18. The van der Waals surface area contributed by atoms with Crippen molar-refractivity contribution < 1.29 is 36.3 Å². The number of carbonyl (C=O) groups is 3. The van der Waals surface area contributed by atoms with Gasteiger partial charge in [-0.05, 0) is 42.3 Å². The van der Waals surface area contributed by atoms with Crippen LogP contribution < -0.4 is 15.4 Å². The van der Waals surface area contributed by atoms with E-state index < -0.39 is 62.9 Å². The molecular formula is C22H25F2N3O6S. The van der Waals surface area contributed by atoms with Gasteiger partial charge < -0.3 is 15.4 Å². The summed E-state index contributed by atoms with van der Waals surface area (Å²) in [5.74, 6) is -4.63. The smallest absolute Gasteiger partial charge is 0.324 e. The van der Waals surface area contributed by atoms with Crippen LogP contribution in [0.4, 0.5) is 14.5 Å². The monoisotopic (exact) mass is 497 g/mol. The average Bonchev–Trinajstić information content (AvgIpc) is 2.77.